The average molecular weight is 424 g/mol. The zero-order valence-electron chi connectivity index (χ0n) is 16.4. The van der Waals surface area contributed by atoms with E-state index >= 15 is 0 Å². The van der Waals surface area contributed by atoms with Crippen molar-refractivity contribution >= 4 is 17.5 Å². The zero-order chi connectivity index (χ0) is 22.0. The number of benzene rings is 3. The summed E-state index contributed by atoms with van der Waals surface area (Å²) in [6, 6.07) is 18.6. The van der Waals surface area contributed by atoms with E-state index < -0.39 is 17.6 Å². The first kappa shape index (κ1) is 20.7. The van der Waals surface area contributed by atoms with Crippen LogP contribution >= 0.6 is 0 Å². The zero-order valence-corrected chi connectivity index (χ0v) is 16.4. The number of halogens is 3. The molecule has 0 fully saturated rings. The highest BCUT2D eigenvalue weighted by Crippen LogP contribution is 2.29. The van der Waals surface area contributed by atoms with E-state index in [-0.39, 0.29) is 11.5 Å². The van der Waals surface area contributed by atoms with Gasteiger partial charge in [0.1, 0.15) is 0 Å². The molecule has 31 heavy (non-hydrogen) atoms. The summed E-state index contributed by atoms with van der Waals surface area (Å²) in [7, 11) is 0. The summed E-state index contributed by atoms with van der Waals surface area (Å²) < 4.78 is 38.1. The minimum atomic E-state index is -4.45. The topological polar surface area (TPSA) is 49.4 Å². The lowest BCUT2D eigenvalue weighted by Gasteiger charge is -2.29. The smallest absolute Gasteiger partial charge is 0.334 e. The minimum absolute atomic E-state index is 0.0505. The molecule has 1 N–H and O–H groups in total. The fourth-order valence-corrected chi connectivity index (χ4v) is 3.59. The van der Waals surface area contributed by atoms with E-state index in [0.717, 1.165) is 35.4 Å². The molecule has 4 rings (SSSR count). The van der Waals surface area contributed by atoms with Gasteiger partial charge in [-0.05, 0) is 66.1 Å². The number of rotatable bonds is 3. The van der Waals surface area contributed by atoms with Crippen LogP contribution in [0.5, 0.6) is 0 Å². The average Bonchev–Trinajstić information content (AvgIpc) is 2.78. The number of carbonyl (C=O) groups is 2. The first-order valence-electron chi connectivity index (χ1n) is 9.76. The number of nitrogens with zero attached hydrogens (tertiary/aromatic N) is 1. The quantitative estimate of drug-likeness (QED) is 0.632. The summed E-state index contributed by atoms with van der Waals surface area (Å²) in [5, 5.41) is 2.72. The Morgan fingerprint density at radius 1 is 0.839 bits per heavy atom. The van der Waals surface area contributed by atoms with Crippen LogP contribution in [-0.4, -0.2) is 23.3 Å². The Hall–Kier alpha value is -3.61. The second-order valence-corrected chi connectivity index (χ2v) is 7.36. The molecule has 0 atom stereocenters. The molecule has 1 aliphatic rings. The van der Waals surface area contributed by atoms with Gasteiger partial charge in [0.25, 0.3) is 11.8 Å². The number of nitrogens with one attached hydrogen (secondary N) is 1. The molecule has 0 radical (unpaired) electrons. The molecule has 0 bridgehead atoms. The molecule has 3 aromatic rings. The Labute approximate surface area is 177 Å². The van der Waals surface area contributed by atoms with Crippen LogP contribution < -0.4 is 5.32 Å². The van der Waals surface area contributed by atoms with Crippen LogP contribution in [0.4, 0.5) is 18.9 Å². The molecule has 7 heteroatoms. The van der Waals surface area contributed by atoms with Crippen molar-refractivity contribution in [3.8, 4) is 0 Å². The summed E-state index contributed by atoms with van der Waals surface area (Å²) in [4.78, 5) is 26.9. The first-order chi connectivity index (χ1) is 14.8. The molecule has 2 amide bonds. The number of amides is 2. The highest BCUT2D eigenvalue weighted by Gasteiger charge is 2.30. The molecular weight excluding hydrogens is 405 g/mol. The standard InChI is InChI=1S/C24H19F3N2O2/c25-24(26,27)20-9-6-17(7-10-20)22(30)28-21-11-8-16-12-13-29(15-19(16)14-21)23(31)18-4-2-1-3-5-18/h1-11,14H,12-13,15H2,(H,28,30). The molecule has 0 aromatic heterocycles. The number of carbonyl (C=O) groups excluding carboxylic acids is 2. The van der Waals surface area contributed by atoms with Gasteiger partial charge in [-0.2, -0.15) is 13.2 Å². The molecule has 3 aromatic carbocycles. The number of fused-ring (bicyclic) bond motifs is 1. The van der Waals surface area contributed by atoms with E-state index in [9.17, 15) is 22.8 Å². The van der Waals surface area contributed by atoms with Gasteiger partial charge in [-0.3, -0.25) is 9.59 Å². The van der Waals surface area contributed by atoms with E-state index in [0.29, 0.717) is 30.8 Å². The van der Waals surface area contributed by atoms with Crippen molar-refractivity contribution in [3.05, 3.63) is 101 Å². The van der Waals surface area contributed by atoms with Crippen LogP contribution in [0.3, 0.4) is 0 Å². The third-order valence-electron chi connectivity index (χ3n) is 5.26. The molecule has 0 saturated heterocycles. The maximum atomic E-state index is 12.7. The molecule has 0 unspecified atom stereocenters. The van der Waals surface area contributed by atoms with Gasteiger partial charge >= 0.3 is 6.18 Å². The third-order valence-corrected chi connectivity index (χ3v) is 5.26. The summed E-state index contributed by atoms with van der Waals surface area (Å²) in [6.07, 6.45) is -3.74. The van der Waals surface area contributed by atoms with Gasteiger partial charge in [0.2, 0.25) is 0 Å². The Morgan fingerprint density at radius 2 is 1.55 bits per heavy atom. The van der Waals surface area contributed by atoms with Crippen molar-refractivity contribution in [1.82, 2.24) is 4.90 Å². The highest BCUT2D eigenvalue weighted by atomic mass is 19.4. The Balaban J connectivity index is 1.47. The van der Waals surface area contributed by atoms with Crippen molar-refractivity contribution in [2.75, 3.05) is 11.9 Å². The van der Waals surface area contributed by atoms with Gasteiger partial charge in [0.05, 0.1) is 5.56 Å². The predicted molar refractivity (Wildman–Crippen MR) is 111 cm³/mol. The lowest BCUT2D eigenvalue weighted by atomic mass is 9.98. The third kappa shape index (κ3) is 4.60. The van der Waals surface area contributed by atoms with Crippen LogP contribution in [0.15, 0.2) is 72.8 Å². The van der Waals surface area contributed by atoms with Crippen molar-refractivity contribution in [2.45, 2.75) is 19.1 Å². The van der Waals surface area contributed by atoms with Crippen molar-refractivity contribution in [2.24, 2.45) is 0 Å². The second kappa shape index (κ2) is 8.26. The van der Waals surface area contributed by atoms with Gasteiger partial charge in [-0.25, -0.2) is 0 Å². The Kier molecular flexibility index (Phi) is 5.50. The molecule has 4 nitrogen and oxygen atoms in total. The summed E-state index contributed by atoms with van der Waals surface area (Å²) in [6.45, 7) is 1.03. The van der Waals surface area contributed by atoms with Crippen LogP contribution in [0.2, 0.25) is 0 Å². The normalized spacial score (nSPS) is 13.5. The SMILES string of the molecule is O=C(Nc1ccc2c(c1)CN(C(=O)c1ccccc1)CC2)c1ccc(C(F)(F)F)cc1. The van der Waals surface area contributed by atoms with Crippen LogP contribution in [0.25, 0.3) is 0 Å². The van der Waals surface area contributed by atoms with Gasteiger partial charge < -0.3 is 10.2 Å². The van der Waals surface area contributed by atoms with E-state index in [1.54, 1.807) is 23.1 Å². The van der Waals surface area contributed by atoms with Crippen LogP contribution in [-0.2, 0) is 19.1 Å². The summed E-state index contributed by atoms with van der Waals surface area (Å²) in [5.74, 6) is -0.549. The summed E-state index contributed by atoms with van der Waals surface area (Å²) in [5.41, 5.74) is 2.51. The van der Waals surface area contributed by atoms with Crippen LogP contribution in [0.1, 0.15) is 37.4 Å². The maximum Gasteiger partial charge on any atom is 0.416 e. The maximum absolute atomic E-state index is 12.7. The van der Waals surface area contributed by atoms with Crippen LogP contribution in [0, 0.1) is 0 Å². The number of alkyl halides is 3. The van der Waals surface area contributed by atoms with Crippen molar-refractivity contribution < 1.29 is 22.8 Å². The minimum Gasteiger partial charge on any atom is -0.334 e. The van der Waals surface area contributed by atoms with E-state index in [4.69, 9.17) is 0 Å². The second-order valence-electron chi connectivity index (χ2n) is 7.36. The highest BCUT2D eigenvalue weighted by molar-refractivity contribution is 6.04. The molecule has 158 valence electrons. The van der Waals surface area contributed by atoms with Gasteiger partial charge in [0, 0.05) is 29.9 Å². The van der Waals surface area contributed by atoms with Gasteiger partial charge in [-0.1, -0.05) is 24.3 Å². The predicted octanol–water partition coefficient (Wildman–Crippen LogP) is 5.16. The van der Waals surface area contributed by atoms with E-state index in [2.05, 4.69) is 5.32 Å². The molecule has 1 aliphatic heterocycles. The number of anilines is 1. The Bertz CT molecular complexity index is 1110. The number of hydrogen-bond donors (Lipinski definition) is 1. The van der Waals surface area contributed by atoms with E-state index in [1.165, 1.54) is 0 Å². The molecule has 0 spiro atoms. The van der Waals surface area contributed by atoms with E-state index in [1.807, 2.05) is 30.3 Å². The molecule has 0 saturated carbocycles. The van der Waals surface area contributed by atoms with Crippen molar-refractivity contribution in [1.29, 1.82) is 0 Å². The molecule has 0 aliphatic carbocycles. The van der Waals surface area contributed by atoms with Crippen molar-refractivity contribution in [3.63, 3.8) is 0 Å². The van der Waals surface area contributed by atoms with Gasteiger partial charge in [0.15, 0.2) is 0 Å². The lowest BCUT2D eigenvalue weighted by molar-refractivity contribution is -0.137. The number of hydrogen-bond acceptors (Lipinski definition) is 2. The monoisotopic (exact) mass is 424 g/mol. The van der Waals surface area contributed by atoms with Gasteiger partial charge in [-0.15, -0.1) is 0 Å². The Morgan fingerprint density at radius 3 is 2.23 bits per heavy atom. The molecular formula is C24H19F3N2O2. The molecule has 1 heterocycles. The largest absolute Gasteiger partial charge is 0.416 e. The fourth-order valence-electron chi connectivity index (χ4n) is 3.59. The first-order valence-corrected chi connectivity index (χ1v) is 9.76. The summed E-state index contributed by atoms with van der Waals surface area (Å²) >= 11 is 0. The lowest BCUT2D eigenvalue weighted by Crippen LogP contribution is -2.36. The fraction of sp³-hybridized carbons (Fsp3) is 0.167.